The van der Waals surface area contributed by atoms with E-state index in [1.54, 1.807) is 75.6 Å². The highest BCUT2D eigenvalue weighted by molar-refractivity contribution is 9.10. The molecular formula is C30H25BrN2O7S. The van der Waals surface area contributed by atoms with Crippen LogP contribution in [0.4, 0.5) is 0 Å². The Kier molecular flexibility index (Phi) is 8.09. The van der Waals surface area contributed by atoms with Crippen molar-refractivity contribution in [3.8, 4) is 17.1 Å². The van der Waals surface area contributed by atoms with E-state index in [2.05, 4.69) is 20.9 Å². The predicted molar refractivity (Wildman–Crippen MR) is 157 cm³/mol. The molecule has 210 valence electrons. The zero-order chi connectivity index (χ0) is 29.3. The molecule has 3 heterocycles. The van der Waals surface area contributed by atoms with Gasteiger partial charge < -0.3 is 18.6 Å². The Balaban J connectivity index is 1.64. The highest BCUT2D eigenvalue weighted by Gasteiger charge is 2.33. The number of allylic oxidation sites excluding steroid dienone is 1. The molecule has 1 aliphatic rings. The number of fused-ring (bicyclic) bond motifs is 1. The molecule has 4 aromatic rings. The van der Waals surface area contributed by atoms with E-state index in [0.717, 1.165) is 0 Å². The molecule has 11 heteroatoms. The summed E-state index contributed by atoms with van der Waals surface area (Å²) in [6.45, 7) is 3.63. The van der Waals surface area contributed by atoms with Crippen LogP contribution in [0.5, 0.6) is 5.75 Å². The Labute approximate surface area is 247 Å². The highest BCUT2D eigenvalue weighted by atomic mass is 79.9. The summed E-state index contributed by atoms with van der Waals surface area (Å²) < 4.78 is 24.2. The fraction of sp³-hybridized carbons (Fsp3) is 0.200. The second-order valence-electron chi connectivity index (χ2n) is 8.94. The van der Waals surface area contributed by atoms with E-state index in [-0.39, 0.29) is 17.7 Å². The summed E-state index contributed by atoms with van der Waals surface area (Å²) in [5.41, 5.74) is 2.02. The average molecular weight is 638 g/mol. The summed E-state index contributed by atoms with van der Waals surface area (Å²) in [7, 11) is 2.88. The maximum atomic E-state index is 13.9. The van der Waals surface area contributed by atoms with Gasteiger partial charge in [0.1, 0.15) is 17.3 Å². The lowest BCUT2D eigenvalue weighted by molar-refractivity contribution is -0.139. The molecule has 0 spiro atoms. The Morgan fingerprint density at radius 1 is 1.12 bits per heavy atom. The number of methoxy groups -OCH3 is 2. The lowest BCUT2D eigenvalue weighted by atomic mass is 9.96. The molecule has 1 aliphatic heterocycles. The smallest absolute Gasteiger partial charge is 0.338 e. The first-order valence-corrected chi connectivity index (χ1v) is 14.2. The summed E-state index contributed by atoms with van der Waals surface area (Å²) in [5, 5.41) is 0. The summed E-state index contributed by atoms with van der Waals surface area (Å²) in [4.78, 5) is 44.3. The van der Waals surface area contributed by atoms with Gasteiger partial charge in [-0.1, -0.05) is 35.6 Å². The van der Waals surface area contributed by atoms with Crippen molar-refractivity contribution in [3.05, 3.63) is 107 Å². The molecule has 0 saturated heterocycles. The first-order chi connectivity index (χ1) is 19.8. The van der Waals surface area contributed by atoms with Crippen molar-refractivity contribution in [3.63, 3.8) is 0 Å². The van der Waals surface area contributed by atoms with Crippen LogP contribution in [0.1, 0.15) is 41.6 Å². The third-order valence-electron chi connectivity index (χ3n) is 6.51. The third kappa shape index (κ3) is 5.30. The normalized spacial score (nSPS) is 14.9. The molecule has 2 aromatic carbocycles. The minimum Gasteiger partial charge on any atom is -0.496 e. The van der Waals surface area contributed by atoms with Crippen molar-refractivity contribution in [2.24, 2.45) is 4.99 Å². The third-order valence-corrected chi connectivity index (χ3v) is 8.11. The van der Waals surface area contributed by atoms with Crippen LogP contribution in [0, 0.1) is 0 Å². The van der Waals surface area contributed by atoms with E-state index in [4.69, 9.17) is 18.6 Å². The molecule has 9 nitrogen and oxygen atoms in total. The summed E-state index contributed by atoms with van der Waals surface area (Å²) >= 11 is 4.70. The number of thiazole rings is 1. The molecule has 0 aliphatic carbocycles. The first-order valence-electron chi connectivity index (χ1n) is 12.6. The molecule has 0 amide bonds. The van der Waals surface area contributed by atoms with Crippen molar-refractivity contribution in [1.82, 2.24) is 4.57 Å². The molecule has 0 saturated carbocycles. The lowest BCUT2D eigenvalue weighted by Gasteiger charge is -2.25. The number of aromatic nitrogens is 1. The van der Waals surface area contributed by atoms with Crippen LogP contribution in [0.2, 0.25) is 0 Å². The van der Waals surface area contributed by atoms with E-state index in [1.165, 1.54) is 23.0 Å². The fourth-order valence-corrected chi connectivity index (χ4v) is 6.23. The molecule has 0 fully saturated rings. The van der Waals surface area contributed by atoms with Crippen LogP contribution in [0.25, 0.3) is 17.4 Å². The molecule has 0 bridgehead atoms. The van der Waals surface area contributed by atoms with Crippen molar-refractivity contribution < 1.29 is 28.2 Å². The predicted octanol–water partition coefficient (Wildman–Crippen LogP) is 4.62. The van der Waals surface area contributed by atoms with E-state index < -0.39 is 18.0 Å². The van der Waals surface area contributed by atoms with Crippen molar-refractivity contribution in [2.45, 2.75) is 19.9 Å². The average Bonchev–Trinajstić information content (AvgIpc) is 3.56. The monoisotopic (exact) mass is 636 g/mol. The summed E-state index contributed by atoms with van der Waals surface area (Å²) in [5.74, 6) is 0.452. The van der Waals surface area contributed by atoms with Crippen LogP contribution in [-0.2, 0) is 14.3 Å². The topological polar surface area (TPSA) is 109 Å². The largest absolute Gasteiger partial charge is 0.496 e. The van der Waals surface area contributed by atoms with Gasteiger partial charge in [0.05, 0.1) is 52.7 Å². The number of halogens is 1. The van der Waals surface area contributed by atoms with Crippen LogP contribution in [0.15, 0.2) is 84.5 Å². The number of carbonyl (C=O) groups excluding carboxylic acids is 2. The van der Waals surface area contributed by atoms with Crippen LogP contribution in [-0.4, -0.2) is 37.3 Å². The molecule has 2 aromatic heterocycles. The van der Waals surface area contributed by atoms with E-state index in [1.807, 2.05) is 6.07 Å². The standard InChI is InChI=1S/C30H25BrN2O7S/c1-5-39-29(36)25-16(2)32-30-33(26(25)17-10-12-23(37-3)21(31)14-17)27(34)24(41-30)15-18-11-13-22(40-18)19-8-6-7-9-20(19)28(35)38-4/h6-15,26H,5H2,1-4H3/b24-15+/t26-/m1/s1. The van der Waals surface area contributed by atoms with Gasteiger partial charge in [-0.2, -0.15) is 0 Å². The van der Waals surface area contributed by atoms with Gasteiger partial charge in [0, 0.05) is 11.6 Å². The number of carbonyl (C=O) groups is 2. The van der Waals surface area contributed by atoms with Gasteiger partial charge in [-0.3, -0.25) is 9.36 Å². The zero-order valence-electron chi connectivity index (χ0n) is 22.6. The van der Waals surface area contributed by atoms with Gasteiger partial charge in [-0.15, -0.1) is 0 Å². The van der Waals surface area contributed by atoms with E-state index >= 15 is 0 Å². The second kappa shape index (κ2) is 11.7. The maximum absolute atomic E-state index is 13.9. The number of nitrogens with zero attached hydrogens (tertiary/aromatic N) is 2. The number of hydrogen-bond acceptors (Lipinski definition) is 9. The number of hydrogen-bond donors (Lipinski definition) is 0. The van der Waals surface area contributed by atoms with Crippen LogP contribution >= 0.6 is 27.3 Å². The quantitative estimate of drug-likeness (QED) is 0.272. The number of benzene rings is 2. The Hall–Kier alpha value is -4.22. The van der Waals surface area contributed by atoms with Crippen LogP contribution < -0.4 is 19.6 Å². The van der Waals surface area contributed by atoms with Gasteiger partial charge in [-0.25, -0.2) is 14.6 Å². The van der Waals surface area contributed by atoms with Gasteiger partial charge in [0.15, 0.2) is 4.80 Å². The SMILES string of the molecule is CCOC(=O)C1=C(C)N=c2s/c(=C/c3ccc(-c4ccccc4C(=O)OC)o3)c(=O)n2[C@@H]1c1ccc(OC)c(Br)c1. The second-order valence-corrected chi connectivity index (χ2v) is 10.8. The molecular weight excluding hydrogens is 612 g/mol. The number of rotatable bonds is 7. The first kappa shape index (κ1) is 28.3. The van der Waals surface area contributed by atoms with Gasteiger partial charge in [0.2, 0.25) is 0 Å². The minimum absolute atomic E-state index is 0.180. The minimum atomic E-state index is -0.770. The Morgan fingerprint density at radius 3 is 2.61 bits per heavy atom. The van der Waals surface area contributed by atoms with Gasteiger partial charge in [-0.05, 0) is 65.7 Å². The zero-order valence-corrected chi connectivity index (χ0v) is 25.0. The van der Waals surface area contributed by atoms with Crippen LogP contribution in [0.3, 0.4) is 0 Å². The summed E-state index contributed by atoms with van der Waals surface area (Å²) in [6.07, 6.45) is 1.62. The summed E-state index contributed by atoms with van der Waals surface area (Å²) in [6, 6.07) is 15.0. The molecule has 1 atom stereocenters. The van der Waals surface area contributed by atoms with Crippen molar-refractivity contribution in [2.75, 3.05) is 20.8 Å². The van der Waals surface area contributed by atoms with E-state index in [9.17, 15) is 14.4 Å². The highest BCUT2D eigenvalue weighted by Crippen LogP contribution is 2.35. The van der Waals surface area contributed by atoms with E-state index in [0.29, 0.717) is 53.5 Å². The Bertz CT molecular complexity index is 1880. The molecule has 5 rings (SSSR count). The maximum Gasteiger partial charge on any atom is 0.338 e. The lowest BCUT2D eigenvalue weighted by Crippen LogP contribution is -2.39. The molecule has 41 heavy (non-hydrogen) atoms. The molecule has 0 N–H and O–H groups in total. The number of furan rings is 1. The van der Waals surface area contributed by atoms with Crippen molar-refractivity contribution >= 4 is 45.3 Å². The molecule has 0 radical (unpaired) electrons. The van der Waals surface area contributed by atoms with Gasteiger partial charge in [0.25, 0.3) is 5.56 Å². The Morgan fingerprint density at radius 2 is 1.90 bits per heavy atom. The number of ether oxygens (including phenoxy) is 3. The van der Waals surface area contributed by atoms with Crippen molar-refractivity contribution in [1.29, 1.82) is 0 Å². The fourth-order valence-electron chi connectivity index (χ4n) is 4.65. The molecule has 0 unspecified atom stereocenters. The van der Waals surface area contributed by atoms with Gasteiger partial charge >= 0.3 is 11.9 Å². The number of esters is 2.